The molecule has 2 heterocycles. The van der Waals surface area contributed by atoms with Gasteiger partial charge in [-0.1, -0.05) is 18.5 Å². The van der Waals surface area contributed by atoms with Crippen LogP contribution in [0.3, 0.4) is 0 Å². The number of hydrogen-bond donors (Lipinski definition) is 1. The molecule has 0 saturated heterocycles. The lowest BCUT2D eigenvalue weighted by molar-refractivity contribution is 0.592. The molecule has 2 aromatic heterocycles. The molecule has 2 aromatic rings. The Morgan fingerprint density at radius 3 is 2.61 bits per heavy atom. The van der Waals surface area contributed by atoms with E-state index < -0.39 is 0 Å². The van der Waals surface area contributed by atoms with Crippen molar-refractivity contribution in [2.24, 2.45) is 0 Å². The molecule has 2 rings (SSSR count). The zero-order valence-corrected chi connectivity index (χ0v) is 13.0. The number of halogens is 1. The highest BCUT2D eigenvalue weighted by atomic mass is 35.5. The van der Waals surface area contributed by atoms with Crippen LogP contribution < -0.4 is 5.32 Å². The third kappa shape index (κ3) is 3.09. The molecular formula is C12H16ClN3S2. The molecule has 0 spiro atoms. The number of aryl methyl sites for hydroxylation is 2. The standard InChI is InChI=1S/C12H16ClN3S2/c1-4-5-14-10(11-15-6-9(13)18-11)12-16-7(2)8(3)17-12/h6,10,14H,4-5H2,1-3H3. The highest BCUT2D eigenvalue weighted by molar-refractivity contribution is 7.16. The molecule has 0 aliphatic heterocycles. The summed E-state index contributed by atoms with van der Waals surface area (Å²) in [6, 6.07) is 0.0693. The number of nitrogens with one attached hydrogen (secondary N) is 1. The van der Waals surface area contributed by atoms with E-state index in [1.54, 1.807) is 17.5 Å². The van der Waals surface area contributed by atoms with E-state index >= 15 is 0 Å². The van der Waals surface area contributed by atoms with Gasteiger partial charge < -0.3 is 5.32 Å². The van der Waals surface area contributed by atoms with Crippen LogP contribution in [0.2, 0.25) is 4.34 Å². The van der Waals surface area contributed by atoms with Gasteiger partial charge in [0.25, 0.3) is 0 Å². The fourth-order valence-corrected chi connectivity index (χ4v) is 3.68. The summed E-state index contributed by atoms with van der Waals surface area (Å²) in [5.74, 6) is 0. The van der Waals surface area contributed by atoms with Crippen LogP contribution in [0.15, 0.2) is 6.20 Å². The van der Waals surface area contributed by atoms with Gasteiger partial charge in [-0.3, -0.25) is 0 Å². The lowest BCUT2D eigenvalue weighted by Gasteiger charge is -2.13. The predicted octanol–water partition coefficient (Wildman–Crippen LogP) is 3.96. The highest BCUT2D eigenvalue weighted by Gasteiger charge is 2.21. The number of nitrogens with zero attached hydrogens (tertiary/aromatic N) is 2. The molecular weight excluding hydrogens is 286 g/mol. The highest BCUT2D eigenvalue weighted by Crippen LogP contribution is 2.31. The van der Waals surface area contributed by atoms with Crippen LogP contribution in [0.5, 0.6) is 0 Å². The van der Waals surface area contributed by atoms with Crippen LogP contribution in [0.25, 0.3) is 0 Å². The maximum atomic E-state index is 5.97. The van der Waals surface area contributed by atoms with E-state index in [9.17, 15) is 0 Å². The van der Waals surface area contributed by atoms with Gasteiger partial charge in [0.05, 0.1) is 11.9 Å². The predicted molar refractivity (Wildman–Crippen MR) is 78.8 cm³/mol. The van der Waals surface area contributed by atoms with Crippen molar-refractivity contribution in [3.05, 3.63) is 31.1 Å². The van der Waals surface area contributed by atoms with E-state index in [1.807, 2.05) is 6.92 Å². The van der Waals surface area contributed by atoms with Crippen molar-refractivity contribution < 1.29 is 0 Å². The van der Waals surface area contributed by atoms with Crippen LogP contribution in [-0.4, -0.2) is 16.5 Å². The quantitative estimate of drug-likeness (QED) is 0.908. The molecule has 0 bridgehead atoms. The van der Waals surface area contributed by atoms with Gasteiger partial charge in [-0.25, -0.2) is 9.97 Å². The summed E-state index contributed by atoms with van der Waals surface area (Å²) in [6.45, 7) is 7.24. The van der Waals surface area contributed by atoms with E-state index in [4.69, 9.17) is 11.6 Å². The summed E-state index contributed by atoms with van der Waals surface area (Å²) >= 11 is 9.22. The van der Waals surface area contributed by atoms with E-state index in [2.05, 4.69) is 29.1 Å². The van der Waals surface area contributed by atoms with Crippen LogP contribution in [0, 0.1) is 13.8 Å². The molecule has 3 nitrogen and oxygen atoms in total. The first-order valence-electron chi connectivity index (χ1n) is 5.90. The zero-order chi connectivity index (χ0) is 13.1. The Kier molecular flexibility index (Phi) is 4.72. The third-order valence-electron chi connectivity index (χ3n) is 2.63. The third-order valence-corrected chi connectivity index (χ3v) is 4.95. The van der Waals surface area contributed by atoms with Gasteiger partial charge in [-0.15, -0.1) is 22.7 Å². The number of hydrogen-bond acceptors (Lipinski definition) is 5. The first-order valence-corrected chi connectivity index (χ1v) is 7.91. The van der Waals surface area contributed by atoms with E-state index in [0.29, 0.717) is 0 Å². The second kappa shape index (κ2) is 6.10. The molecule has 6 heteroatoms. The minimum atomic E-state index is 0.0693. The van der Waals surface area contributed by atoms with Gasteiger partial charge in [0.2, 0.25) is 0 Å². The summed E-state index contributed by atoms with van der Waals surface area (Å²) < 4.78 is 0.721. The number of thiazole rings is 2. The SMILES string of the molecule is CCCNC(c1ncc(Cl)s1)c1nc(C)c(C)s1. The zero-order valence-electron chi connectivity index (χ0n) is 10.7. The van der Waals surface area contributed by atoms with Crippen molar-refractivity contribution in [1.29, 1.82) is 0 Å². The summed E-state index contributed by atoms with van der Waals surface area (Å²) in [7, 11) is 0. The number of aromatic nitrogens is 2. The van der Waals surface area contributed by atoms with Crippen LogP contribution in [0.1, 0.15) is 40.0 Å². The summed E-state index contributed by atoms with van der Waals surface area (Å²) in [5, 5.41) is 5.55. The van der Waals surface area contributed by atoms with Crippen molar-refractivity contribution in [3.63, 3.8) is 0 Å². The van der Waals surface area contributed by atoms with E-state index in [-0.39, 0.29) is 6.04 Å². The molecule has 1 N–H and O–H groups in total. The largest absolute Gasteiger partial charge is 0.302 e. The minimum absolute atomic E-state index is 0.0693. The van der Waals surface area contributed by atoms with Crippen molar-refractivity contribution in [3.8, 4) is 0 Å². The maximum Gasteiger partial charge on any atom is 0.118 e. The van der Waals surface area contributed by atoms with Gasteiger partial charge in [-0.2, -0.15) is 0 Å². The van der Waals surface area contributed by atoms with E-state index in [1.165, 1.54) is 16.2 Å². The summed E-state index contributed by atoms with van der Waals surface area (Å²) in [4.78, 5) is 10.3. The molecule has 0 fully saturated rings. The molecule has 0 aliphatic rings. The molecule has 0 aliphatic carbocycles. The minimum Gasteiger partial charge on any atom is -0.302 e. The van der Waals surface area contributed by atoms with Crippen LogP contribution in [-0.2, 0) is 0 Å². The van der Waals surface area contributed by atoms with Gasteiger partial charge in [0, 0.05) is 4.88 Å². The average molecular weight is 302 g/mol. The van der Waals surface area contributed by atoms with Crippen LogP contribution in [0.4, 0.5) is 0 Å². The smallest absolute Gasteiger partial charge is 0.118 e. The fourth-order valence-electron chi connectivity index (χ4n) is 1.59. The lowest BCUT2D eigenvalue weighted by Crippen LogP contribution is -2.22. The number of rotatable bonds is 5. The molecule has 0 amide bonds. The van der Waals surface area contributed by atoms with Crippen molar-refractivity contribution >= 4 is 34.3 Å². The van der Waals surface area contributed by atoms with Gasteiger partial charge in [-0.05, 0) is 26.8 Å². The fraction of sp³-hybridized carbons (Fsp3) is 0.500. The van der Waals surface area contributed by atoms with Crippen molar-refractivity contribution in [2.45, 2.75) is 33.2 Å². The van der Waals surface area contributed by atoms with Gasteiger partial charge in [0.1, 0.15) is 20.4 Å². The lowest BCUT2D eigenvalue weighted by atomic mass is 10.3. The Morgan fingerprint density at radius 2 is 2.11 bits per heavy atom. The van der Waals surface area contributed by atoms with Gasteiger partial charge in [0.15, 0.2) is 0 Å². The summed E-state index contributed by atoms with van der Waals surface area (Å²) in [6.07, 6.45) is 2.79. The monoisotopic (exact) mass is 301 g/mol. The molecule has 18 heavy (non-hydrogen) atoms. The van der Waals surface area contributed by atoms with Crippen molar-refractivity contribution in [2.75, 3.05) is 6.54 Å². The molecule has 98 valence electrons. The molecule has 1 unspecified atom stereocenters. The van der Waals surface area contributed by atoms with Crippen molar-refractivity contribution in [1.82, 2.24) is 15.3 Å². The maximum absolute atomic E-state index is 5.97. The normalized spacial score (nSPS) is 12.9. The second-order valence-corrected chi connectivity index (χ2v) is 7.01. The Bertz CT molecular complexity index is 502. The molecule has 0 radical (unpaired) electrons. The molecule has 0 saturated carbocycles. The van der Waals surface area contributed by atoms with E-state index in [0.717, 1.165) is 33.0 Å². The Hall–Kier alpha value is -0.490. The average Bonchev–Trinajstić information content (AvgIpc) is 2.88. The Balaban J connectivity index is 2.30. The van der Waals surface area contributed by atoms with Crippen LogP contribution >= 0.6 is 34.3 Å². The van der Waals surface area contributed by atoms with Gasteiger partial charge >= 0.3 is 0 Å². The Morgan fingerprint density at radius 1 is 1.33 bits per heavy atom. The first-order chi connectivity index (χ1) is 8.61. The Labute approximate surface area is 120 Å². The topological polar surface area (TPSA) is 37.8 Å². The first kappa shape index (κ1) is 13.9. The summed E-state index contributed by atoms with van der Waals surface area (Å²) in [5.41, 5.74) is 1.10. The second-order valence-electron chi connectivity index (χ2n) is 4.08. The molecule has 0 aromatic carbocycles. The molecule has 1 atom stereocenters.